The summed E-state index contributed by atoms with van der Waals surface area (Å²) in [4.78, 5) is 40.5. The highest BCUT2D eigenvalue weighted by Gasteiger charge is 2.30. The van der Waals surface area contributed by atoms with Crippen LogP contribution < -0.4 is 20.9 Å². The van der Waals surface area contributed by atoms with E-state index < -0.39 is 23.6 Å². The molecule has 1 atom stereocenters. The molecule has 4 rings (SSSR count). The van der Waals surface area contributed by atoms with Crippen molar-refractivity contribution >= 4 is 40.7 Å². The van der Waals surface area contributed by atoms with Crippen LogP contribution in [-0.4, -0.2) is 36.1 Å². The summed E-state index contributed by atoms with van der Waals surface area (Å²) < 4.78 is 5.47. The lowest BCUT2D eigenvalue weighted by Crippen LogP contribution is -2.49. The number of hydrogen-bond donors (Lipinski definition) is 3. The number of rotatable bonds is 4. The third-order valence-electron chi connectivity index (χ3n) is 5.62. The maximum atomic E-state index is 13.0. The molecule has 0 bridgehead atoms. The van der Waals surface area contributed by atoms with Crippen molar-refractivity contribution in [3.63, 3.8) is 0 Å². The van der Waals surface area contributed by atoms with Crippen molar-refractivity contribution in [1.29, 1.82) is 0 Å². The van der Waals surface area contributed by atoms with E-state index in [0.717, 1.165) is 16.9 Å². The molecule has 3 N–H and O–H groups in total. The van der Waals surface area contributed by atoms with E-state index in [4.69, 9.17) is 4.74 Å². The predicted octanol–water partition coefficient (Wildman–Crippen LogP) is 5.23. The Morgan fingerprint density at radius 3 is 2.42 bits per heavy atom. The molecular weight excluding hydrogens is 456 g/mol. The summed E-state index contributed by atoms with van der Waals surface area (Å²) in [5.74, 6) is -0.794. The Morgan fingerprint density at radius 2 is 1.69 bits per heavy atom. The summed E-state index contributed by atoms with van der Waals surface area (Å²) in [6.45, 7) is 7.42. The molecule has 3 aromatic carbocycles. The zero-order chi connectivity index (χ0) is 25.9. The first kappa shape index (κ1) is 24.8. The Balaban J connectivity index is 1.52. The van der Waals surface area contributed by atoms with Gasteiger partial charge in [-0.1, -0.05) is 36.4 Å². The fraction of sp³-hybridized carbons (Fsp3) is 0.250. The molecule has 0 fully saturated rings. The van der Waals surface area contributed by atoms with Crippen LogP contribution in [0.2, 0.25) is 0 Å². The maximum absolute atomic E-state index is 13.0. The SMILES string of the molecule is Cc1ccc(NC(=O)NC2CN(c3ccccc3)c3ccccc3NC2=O)cc1C(=O)OC(C)(C)C. The Kier molecular flexibility index (Phi) is 6.96. The molecule has 1 heterocycles. The number of para-hydroxylation sites is 3. The molecule has 8 nitrogen and oxygen atoms in total. The number of hydrogen-bond acceptors (Lipinski definition) is 5. The summed E-state index contributed by atoms with van der Waals surface area (Å²) in [6.07, 6.45) is 0. The number of nitrogens with one attached hydrogen (secondary N) is 3. The number of fused-ring (bicyclic) bond motifs is 1. The molecule has 0 saturated carbocycles. The van der Waals surface area contributed by atoms with Crippen LogP contribution in [0.5, 0.6) is 0 Å². The number of anilines is 4. The Bertz CT molecular complexity index is 1280. The van der Waals surface area contributed by atoms with Crippen molar-refractivity contribution < 1.29 is 19.1 Å². The van der Waals surface area contributed by atoms with Crippen LogP contribution >= 0.6 is 0 Å². The number of benzene rings is 3. The molecule has 0 radical (unpaired) electrons. The van der Waals surface area contributed by atoms with Crippen molar-refractivity contribution in [2.75, 3.05) is 22.1 Å². The second-order valence-corrected chi connectivity index (χ2v) is 9.64. The number of esters is 1. The van der Waals surface area contributed by atoms with Gasteiger partial charge in [0.1, 0.15) is 11.6 Å². The van der Waals surface area contributed by atoms with Gasteiger partial charge in [-0.3, -0.25) is 4.79 Å². The lowest BCUT2D eigenvalue weighted by Gasteiger charge is -2.27. The van der Waals surface area contributed by atoms with E-state index >= 15 is 0 Å². The molecule has 1 aliphatic heterocycles. The second kappa shape index (κ2) is 10.1. The standard InChI is InChI=1S/C28H30N4O4/c1-18-14-15-19(16-21(18)26(34)36-28(2,3)4)29-27(35)31-23-17-32(20-10-6-5-7-11-20)24-13-9-8-12-22(24)30-25(23)33/h5-16,23H,17H2,1-4H3,(H,30,33)(H2,29,31,35). The number of urea groups is 1. The fourth-order valence-electron chi connectivity index (χ4n) is 3.94. The average Bonchev–Trinajstić information content (AvgIpc) is 2.96. The summed E-state index contributed by atoms with van der Waals surface area (Å²) in [7, 11) is 0. The number of amides is 3. The highest BCUT2D eigenvalue weighted by atomic mass is 16.6. The van der Waals surface area contributed by atoms with Gasteiger partial charge in [0, 0.05) is 11.4 Å². The first-order valence-corrected chi connectivity index (χ1v) is 11.7. The van der Waals surface area contributed by atoms with Crippen LogP contribution in [-0.2, 0) is 9.53 Å². The lowest BCUT2D eigenvalue weighted by molar-refractivity contribution is -0.117. The number of ether oxygens (including phenoxy) is 1. The fourth-order valence-corrected chi connectivity index (χ4v) is 3.94. The third kappa shape index (κ3) is 5.83. The monoisotopic (exact) mass is 486 g/mol. The molecule has 0 aromatic heterocycles. The molecule has 8 heteroatoms. The molecule has 186 valence electrons. The smallest absolute Gasteiger partial charge is 0.338 e. The Hall–Kier alpha value is -4.33. The first-order chi connectivity index (χ1) is 17.1. The van der Waals surface area contributed by atoms with Crippen molar-refractivity contribution in [3.8, 4) is 0 Å². The van der Waals surface area contributed by atoms with Crippen LogP contribution in [0.25, 0.3) is 0 Å². The zero-order valence-electron chi connectivity index (χ0n) is 20.8. The quantitative estimate of drug-likeness (QED) is 0.439. The van der Waals surface area contributed by atoms with Crippen molar-refractivity contribution in [1.82, 2.24) is 5.32 Å². The summed E-state index contributed by atoms with van der Waals surface area (Å²) in [5, 5.41) is 8.42. The van der Waals surface area contributed by atoms with Gasteiger partial charge in [0.05, 0.1) is 23.5 Å². The van der Waals surface area contributed by atoms with E-state index in [0.29, 0.717) is 16.9 Å². The van der Waals surface area contributed by atoms with E-state index in [9.17, 15) is 14.4 Å². The maximum Gasteiger partial charge on any atom is 0.338 e. The second-order valence-electron chi connectivity index (χ2n) is 9.64. The lowest BCUT2D eigenvalue weighted by atomic mass is 10.1. The summed E-state index contributed by atoms with van der Waals surface area (Å²) in [6, 6.07) is 20.8. The summed E-state index contributed by atoms with van der Waals surface area (Å²) in [5.41, 5.74) is 3.26. The number of carbonyl (C=O) groups excluding carboxylic acids is 3. The van der Waals surface area contributed by atoms with E-state index in [-0.39, 0.29) is 12.5 Å². The van der Waals surface area contributed by atoms with Crippen LogP contribution in [0.1, 0.15) is 36.7 Å². The van der Waals surface area contributed by atoms with Gasteiger partial charge in [0.25, 0.3) is 0 Å². The molecule has 0 spiro atoms. The normalized spacial score (nSPS) is 15.3. The van der Waals surface area contributed by atoms with Crippen molar-refractivity contribution in [2.24, 2.45) is 0 Å². The van der Waals surface area contributed by atoms with Crippen molar-refractivity contribution in [3.05, 3.63) is 83.9 Å². The van der Waals surface area contributed by atoms with Crippen LogP contribution in [0, 0.1) is 6.92 Å². The Morgan fingerprint density at radius 1 is 1.00 bits per heavy atom. The number of nitrogens with zero attached hydrogens (tertiary/aromatic N) is 1. The van der Waals surface area contributed by atoms with Crippen molar-refractivity contribution in [2.45, 2.75) is 39.3 Å². The molecule has 0 saturated heterocycles. The van der Waals surface area contributed by atoms with Gasteiger partial charge in [-0.15, -0.1) is 0 Å². The van der Waals surface area contributed by atoms with E-state index in [1.54, 1.807) is 45.9 Å². The van der Waals surface area contributed by atoms with Gasteiger partial charge < -0.3 is 25.6 Å². The highest BCUT2D eigenvalue weighted by Crippen LogP contribution is 2.34. The number of carbonyl (C=O) groups is 3. The molecule has 1 aliphatic rings. The van der Waals surface area contributed by atoms with Gasteiger partial charge in [-0.05, 0) is 69.7 Å². The molecule has 3 aromatic rings. The number of aryl methyl sites for hydroxylation is 1. The minimum atomic E-state index is -0.839. The first-order valence-electron chi connectivity index (χ1n) is 11.7. The topological polar surface area (TPSA) is 99.8 Å². The predicted molar refractivity (Wildman–Crippen MR) is 141 cm³/mol. The van der Waals surface area contributed by atoms with Gasteiger partial charge in [0.2, 0.25) is 5.91 Å². The largest absolute Gasteiger partial charge is 0.456 e. The highest BCUT2D eigenvalue weighted by molar-refractivity contribution is 6.03. The zero-order valence-corrected chi connectivity index (χ0v) is 20.8. The minimum Gasteiger partial charge on any atom is -0.456 e. The van der Waals surface area contributed by atoms with Crippen LogP contribution in [0.3, 0.4) is 0 Å². The molecule has 1 unspecified atom stereocenters. The van der Waals surface area contributed by atoms with Gasteiger partial charge in [-0.2, -0.15) is 0 Å². The van der Waals surface area contributed by atoms with E-state index in [2.05, 4.69) is 16.0 Å². The Labute approximate surface area is 210 Å². The molecule has 36 heavy (non-hydrogen) atoms. The summed E-state index contributed by atoms with van der Waals surface area (Å²) >= 11 is 0. The molecule has 3 amide bonds. The average molecular weight is 487 g/mol. The molecular formula is C28H30N4O4. The third-order valence-corrected chi connectivity index (χ3v) is 5.62. The van der Waals surface area contributed by atoms with E-state index in [1.165, 1.54) is 0 Å². The van der Waals surface area contributed by atoms with Gasteiger partial charge in [-0.25, -0.2) is 9.59 Å². The van der Waals surface area contributed by atoms with Gasteiger partial charge >= 0.3 is 12.0 Å². The van der Waals surface area contributed by atoms with E-state index in [1.807, 2.05) is 59.5 Å². The van der Waals surface area contributed by atoms with Crippen LogP contribution in [0.4, 0.5) is 27.5 Å². The van der Waals surface area contributed by atoms with Gasteiger partial charge in [0.15, 0.2) is 0 Å². The minimum absolute atomic E-state index is 0.233. The van der Waals surface area contributed by atoms with Crippen LogP contribution in [0.15, 0.2) is 72.8 Å². The molecule has 0 aliphatic carbocycles.